The average molecular weight is 210 g/mol. The molecule has 1 aromatic heterocycles. The van der Waals surface area contributed by atoms with Crippen LogP contribution in [0, 0.1) is 0 Å². The van der Waals surface area contributed by atoms with Crippen LogP contribution in [0.25, 0.3) is 0 Å². The van der Waals surface area contributed by atoms with Gasteiger partial charge in [-0.15, -0.1) is 0 Å². The van der Waals surface area contributed by atoms with Gasteiger partial charge in [0.1, 0.15) is 0 Å². The summed E-state index contributed by atoms with van der Waals surface area (Å²) in [6.45, 7) is 4.37. The van der Waals surface area contributed by atoms with E-state index in [-0.39, 0.29) is 5.91 Å². The summed E-state index contributed by atoms with van der Waals surface area (Å²) < 4.78 is 1.94. The Morgan fingerprint density at radius 1 is 1.60 bits per heavy atom. The van der Waals surface area contributed by atoms with Gasteiger partial charge in [-0.3, -0.25) is 9.48 Å². The van der Waals surface area contributed by atoms with Crippen molar-refractivity contribution in [1.29, 1.82) is 0 Å². The number of aromatic nitrogens is 2. The number of hydrogen-bond donors (Lipinski definition) is 2. The molecule has 0 aromatic carbocycles. The first-order valence-corrected chi connectivity index (χ1v) is 5.20. The van der Waals surface area contributed by atoms with Crippen molar-refractivity contribution in [3.8, 4) is 0 Å². The van der Waals surface area contributed by atoms with Crippen LogP contribution in [0.15, 0.2) is 12.3 Å². The van der Waals surface area contributed by atoms with Gasteiger partial charge < -0.3 is 10.6 Å². The largest absolute Gasteiger partial charge is 0.359 e. The van der Waals surface area contributed by atoms with Crippen LogP contribution in [-0.2, 0) is 17.9 Å². The lowest BCUT2D eigenvalue weighted by atomic mass is 10.3. The molecule has 1 aromatic rings. The second-order valence-corrected chi connectivity index (χ2v) is 3.24. The third-order valence-corrected chi connectivity index (χ3v) is 2.22. The Balaban J connectivity index is 2.23. The number of nitrogens with zero attached hydrogens (tertiary/aromatic N) is 2. The Hall–Kier alpha value is -1.36. The van der Waals surface area contributed by atoms with Crippen LogP contribution in [0.5, 0.6) is 0 Å². The molecule has 5 nitrogen and oxygen atoms in total. The number of rotatable bonds is 6. The normalized spacial score (nSPS) is 10.3. The molecule has 0 atom stereocenters. The number of aryl methyl sites for hydroxylation is 1. The quantitative estimate of drug-likeness (QED) is 0.656. The SMILES string of the molecule is CCn1nccc1CNCCC(=O)NC. The molecule has 0 unspecified atom stereocenters. The van der Waals surface area contributed by atoms with E-state index in [1.54, 1.807) is 13.2 Å². The van der Waals surface area contributed by atoms with Gasteiger partial charge in [-0.1, -0.05) is 0 Å². The Labute approximate surface area is 89.9 Å². The Kier molecular flexibility index (Phi) is 4.83. The highest BCUT2D eigenvalue weighted by molar-refractivity contribution is 5.75. The molecule has 0 radical (unpaired) electrons. The predicted octanol–water partition coefficient (Wildman–Crippen LogP) is 0.129. The molecule has 1 amide bonds. The van der Waals surface area contributed by atoms with E-state index >= 15 is 0 Å². The first-order valence-electron chi connectivity index (χ1n) is 5.20. The molecule has 0 spiro atoms. The molecule has 0 aliphatic heterocycles. The predicted molar refractivity (Wildman–Crippen MR) is 58.3 cm³/mol. The monoisotopic (exact) mass is 210 g/mol. The molecule has 1 rings (SSSR count). The van der Waals surface area contributed by atoms with Gasteiger partial charge in [0.15, 0.2) is 0 Å². The van der Waals surface area contributed by atoms with Gasteiger partial charge in [-0.2, -0.15) is 5.10 Å². The molecule has 0 bridgehead atoms. The standard InChI is InChI=1S/C10H18N4O/c1-3-14-9(4-7-13-14)8-12-6-5-10(15)11-2/h4,7,12H,3,5-6,8H2,1-2H3,(H,11,15). The number of amides is 1. The molecule has 15 heavy (non-hydrogen) atoms. The highest BCUT2D eigenvalue weighted by atomic mass is 16.1. The zero-order chi connectivity index (χ0) is 11.1. The van der Waals surface area contributed by atoms with Crippen LogP contribution < -0.4 is 10.6 Å². The van der Waals surface area contributed by atoms with Gasteiger partial charge >= 0.3 is 0 Å². The van der Waals surface area contributed by atoms with Crippen LogP contribution >= 0.6 is 0 Å². The summed E-state index contributed by atoms with van der Waals surface area (Å²) >= 11 is 0. The van der Waals surface area contributed by atoms with E-state index in [1.807, 2.05) is 10.7 Å². The van der Waals surface area contributed by atoms with E-state index in [0.29, 0.717) is 13.0 Å². The summed E-state index contributed by atoms with van der Waals surface area (Å²) in [6.07, 6.45) is 2.30. The molecule has 0 aliphatic carbocycles. The summed E-state index contributed by atoms with van der Waals surface area (Å²) in [5.74, 6) is 0.0616. The van der Waals surface area contributed by atoms with Crippen molar-refractivity contribution in [2.45, 2.75) is 26.4 Å². The summed E-state index contributed by atoms with van der Waals surface area (Å²) in [5, 5.41) is 9.95. The maximum atomic E-state index is 10.9. The lowest BCUT2D eigenvalue weighted by Crippen LogP contribution is -2.25. The molecular weight excluding hydrogens is 192 g/mol. The van der Waals surface area contributed by atoms with Gasteiger partial charge in [0, 0.05) is 39.3 Å². The molecule has 5 heteroatoms. The van der Waals surface area contributed by atoms with Crippen LogP contribution in [0.1, 0.15) is 19.0 Å². The fraction of sp³-hybridized carbons (Fsp3) is 0.600. The number of hydrogen-bond acceptors (Lipinski definition) is 3. The zero-order valence-electron chi connectivity index (χ0n) is 9.29. The molecule has 0 saturated heterocycles. The number of nitrogens with one attached hydrogen (secondary N) is 2. The molecule has 1 heterocycles. The molecule has 0 fully saturated rings. The van der Waals surface area contributed by atoms with Crippen molar-refractivity contribution in [1.82, 2.24) is 20.4 Å². The third-order valence-electron chi connectivity index (χ3n) is 2.22. The smallest absolute Gasteiger partial charge is 0.221 e. The van der Waals surface area contributed by atoms with Crippen molar-refractivity contribution in [2.75, 3.05) is 13.6 Å². The van der Waals surface area contributed by atoms with E-state index in [2.05, 4.69) is 22.7 Å². The van der Waals surface area contributed by atoms with E-state index in [4.69, 9.17) is 0 Å². The topological polar surface area (TPSA) is 59.0 Å². The first kappa shape index (κ1) is 11.7. The molecular formula is C10H18N4O. The summed E-state index contributed by atoms with van der Waals surface area (Å²) in [4.78, 5) is 10.9. The van der Waals surface area contributed by atoms with E-state index in [1.165, 1.54) is 0 Å². The van der Waals surface area contributed by atoms with E-state index < -0.39 is 0 Å². The van der Waals surface area contributed by atoms with Crippen LogP contribution in [0.4, 0.5) is 0 Å². The lowest BCUT2D eigenvalue weighted by molar-refractivity contribution is -0.120. The van der Waals surface area contributed by atoms with Gasteiger partial charge in [-0.05, 0) is 13.0 Å². The second kappa shape index (κ2) is 6.19. The van der Waals surface area contributed by atoms with Gasteiger partial charge in [0.25, 0.3) is 0 Å². The van der Waals surface area contributed by atoms with Crippen molar-refractivity contribution < 1.29 is 4.79 Å². The van der Waals surface area contributed by atoms with Crippen molar-refractivity contribution in [2.24, 2.45) is 0 Å². The van der Waals surface area contributed by atoms with Crippen LogP contribution in [0.3, 0.4) is 0 Å². The highest BCUT2D eigenvalue weighted by Gasteiger charge is 2.00. The van der Waals surface area contributed by atoms with Crippen LogP contribution in [0.2, 0.25) is 0 Å². The average Bonchev–Trinajstić information content (AvgIpc) is 2.71. The molecule has 84 valence electrons. The minimum absolute atomic E-state index is 0.0616. The van der Waals surface area contributed by atoms with Crippen molar-refractivity contribution >= 4 is 5.91 Å². The summed E-state index contributed by atoms with van der Waals surface area (Å²) in [6, 6.07) is 1.98. The lowest BCUT2D eigenvalue weighted by Gasteiger charge is -2.06. The minimum atomic E-state index is 0.0616. The molecule has 0 aliphatic rings. The number of carbonyl (C=O) groups is 1. The molecule has 2 N–H and O–H groups in total. The minimum Gasteiger partial charge on any atom is -0.359 e. The third kappa shape index (κ3) is 3.71. The maximum Gasteiger partial charge on any atom is 0.221 e. The van der Waals surface area contributed by atoms with Crippen molar-refractivity contribution in [3.63, 3.8) is 0 Å². The summed E-state index contributed by atoms with van der Waals surface area (Å²) in [5.41, 5.74) is 1.15. The van der Waals surface area contributed by atoms with Crippen LogP contribution in [-0.4, -0.2) is 29.3 Å². The fourth-order valence-corrected chi connectivity index (χ4v) is 1.34. The van der Waals surface area contributed by atoms with Gasteiger partial charge in [-0.25, -0.2) is 0 Å². The zero-order valence-corrected chi connectivity index (χ0v) is 9.29. The van der Waals surface area contributed by atoms with Gasteiger partial charge in [0.2, 0.25) is 5.91 Å². The van der Waals surface area contributed by atoms with Crippen molar-refractivity contribution in [3.05, 3.63) is 18.0 Å². The second-order valence-electron chi connectivity index (χ2n) is 3.24. The highest BCUT2D eigenvalue weighted by Crippen LogP contribution is 1.97. The molecule has 0 saturated carbocycles. The Morgan fingerprint density at radius 3 is 3.07 bits per heavy atom. The van der Waals surface area contributed by atoms with Gasteiger partial charge in [0.05, 0.1) is 5.69 Å². The summed E-state index contributed by atoms with van der Waals surface area (Å²) in [7, 11) is 1.65. The fourth-order valence-electron chi connectivity index (χ4n) is 1.34. The van der Waals surface area contributed by atoms with E-state index in [9.17, 15) is 4.79 Å². The first-order chi connectivity index (χ1) is 7.27. The maximum absolute atomic E-state index is 10.9. The van der Waals surface area contributed by atoms with E-state index in [0.717, 1.165) is 18.8 Å². The number of carbonyl (C=O) groups excluding carboxylic acids is 1. The Bertz CT molecular complexity index is 308. The Morgan fingerprint density at radius 2 is 2.40 bits per heavy atom.